The fraction of sp³-hybridized carbons (Fsp3) is 0.385. The fourth-order valence-electron chi connectivity index (χ4n) is 1.98. The first kappa shape index (κ1) is 12.5. The van der Waals surface area contributed by atoms with Gasteiger partial charge in [0.2, 0.25) is 0 Å². The molecule has 0 aliphatic carbocycles. The van der Waals surface area contributed by atoms with Crippen molar-refractivity contribution in [2.45, 2.75) is 19.0 Å². The number of anilines is 1. The fourth-order valence-corrected chi connectivity index (χ4v) is 1.98. The summed E-state index contributed by atoms with van der Waals surface area (Å²) in [6.07, 6.45) is -0.167. The van der Waals surface area contributed by atoms with Crippen molar-refractivity contribution in [1.82, 2.24) is 0 Å². The Labute approximate surface area is 104 Å². The monoisotopic (exact) mass is 251 g/mol. The summed E-state index contributed by atoms with van der Waals surface area (Å²) in [6.45, 7) is 1.82. The molecule has 1 fully saturated rings. The van der Waals surface area contributed by atoms with Crippen LogP contribution in [0.4, 0.5) is 10.1 Å². The molecule has 0 aromatic heterocycles. The van der Waals surface area contributed by atoms with Gasteiger partial charge in [0, 0.05) is 18.7 Å². The van der Waals surface area contributed by atoms with E-state index in [4.69, 9.17) is 0 Å². The van der Waals surface area contributed by atoms with Gasteiger partial charge in [-0.3, -0.25) is 4.79 Å². The second-order valence-electron chi connectivity index (χ2n) is 4.06. The Morgan fingerprint density at radius 2 is 2.11 bits per heavy atom. The third-order valence-electron chi connectivity index (χ3n) is 2.93. The molecule has 1 atom stereocenters. The van der Waals surface area contributed by atoms with E-state index in [-0.39, 0.29) is 19.6 Å². The normalized spacial score (nSPS) is 23.2. The van der Waals surface area contributed by atoms with Crippen LogP contribution in [-0.2, 0) is 14.3 Å². The molecule has 1 aromatic rings. The predicted molar refractivity (Wildman–Crippen MR) is 63.9 cm³/mol. The highest BCUT2D eigenvalue weighted by Crippen LogP contribution is 2.32. The first-order valence-corrected chi connectivity index (χ1v) is 5.82. The lowest BCUT2D eigenvalue weighted by atomic mass is 10.1. The summed E-state index contributed by atoms with van der Waals surface area (Å²) in [5.74, 6) is -1.93. The van der Waals surface area contributed by atoms with E-state index in [2.05, 4.69) is 4.74 Å². The van der Waals surface area contributed by atoms with E-state index in [1.165, 1.54) is 4.90 Å². The Morgan fingerprint density at radius 3 is 2.72 bits per heavy atom. The second-order valence-corrected chi connectivity index (χ2v) is 4.06. The van der Waals surface area contributed by atoms with Gasteiger partial charge in [-0.15, -0.1) is 0 Å². The van der Waals surface area contributed by atoms with Gasteiger partial charge >= 0.3 is 5.97 Å². The predicted octanol–water partition coefficient (Wildman–Crippen LogP) is 1.69. The average molecular weight is 251 g/mol. The highest BCUT2D eigenvalue weighted by atomic mass is 19.1. The van der Waals surface area contributed by atoms with E-state index in [0.29, 0.717) is 5.69 Å². The molecular formula is C13H14FNO3. The van der Waals surface area contributed by atoms with Crippen LogP contribution in [0.3, 0.4) is 0 Å². The summed E-state index contributed by atoms with van der Waals surface area (Å²) >= 11 is 0. The molecule has 4 nitrogen and oxygen atoms in total. The maximum atomic E-state index is 14.4. The Balaban J connectivity index is 2.22. The Kier molecular flexibility index (Phi) is 3.32. The molecule has 0 radical (unpaired) electrons. The van der Waals surface area contributed by atoms with Crippen LogP contribution in [-0.4, -0.2) is 30.7 Å². The largest absolute Gasteiger partial charge is 0.463 e. The Hall–Kier alpha value is -1.91. The summed E-state index contributed by atoms with van der Waals surface area (Å²) < 4.78 is 19.0. The minimum absolute atomic E-state index is 0.0587. The van der Waals surface area contributed by atoms with Crippen molar-refractivity contribution < 1.29 is 18.7 Å². The SMILES string of the molecule is CCOC(=O)C1(F)CCN(c2ccccc2)C1=O. The molecule has 18 heavy (non-hydrogen) atoms. The summed E-state index contributed by atoms with van der Waals surface area (Å²) in [6, 6.07) is 8.72. The number of carbonyl (C=O) groups is 2. The summed E-state index contributed by atoms with van der Waals surface area (Å²) in [4.78, 5) is 24.8. The van der Waals surface area contributed by atoms with Crippen molar-refractivity contribution in [2.24, 2.45) is 0 Å². The average Bonchev–Trinajstić information content (AvgIpc) is 2.69. The number of rotatable bonds is 3. The van der Waals surface area contributed by atoms with E-state index < -0.39 is 17.5 Å². The molecule has 2 rings (SSSR count). The first-order chi connectivity index (χ1) is 8.59. The lowest BCUT2D eigenvalue weighted by Gasteiger charge is -2.18. The summed E-state index contributed by atoms with van der Waals surface area (Å²) in [7, 11) is 0. The van der Waals surface area contributed by atoms with Crippen LogP contribution in [0, 0.1) is 0 Å². The molecule has 5 heteroatoms. The molecule has 96 valence electrons. The lowest BCUT2D eigenvalue weighted by molar-refractivity contribution is -0.160. The number of esters is 1. The minimum atomic E-state index is -2.54. The van der Waals surface area contributed by atoms with Gasteiger partial charge in [-0.25, -0.2) is 9.18 Å². The molecule has 1 aromatic carbocycles. The molecule has 1 heterocycles. The number of hydrogen-bond acceptors (Lipinski definition) is 3. The number of benzene rings is 1. The van der Waals surface area contributed by atoms with Crippen LogP contribution in [0.1, 0.15) is 13.3 Å². The van der Waals surface area contributed by atoms with Crippen molar-refractivity contribution in [1.29, 1.82) is 0 Å². The molecule has 1 unspecified atom stereocenters. The zero-order chi connectivity index (χ0) is 13.2. The van der Waals surface area contributed by atoms with Gasteiger partial charge in [0.1, 0.15) is 0 Å². The van der Waals surface area contributed by atoms with Crippen LogP contribution >= 0.6 is 0 Å². The van der Waals surface area contributed by atoms with Crippen molar-refractivity contribution in [3.63, 3.8) is 0 Å². The molecule has 1 amide bonds. The van der Waals surface area contributed by atoms with Crippen molar-refractivity contribution in [2.75, 3.05) is 18.1 Å². The van der Waals surface area contributed by atoms with E-state index in [1.54, 1.807) is 37.3 Å². The number of alkyl halides is 1. The van der Waals surface area contributed by atoms with Crippen LogP contribution in [0.25, 0.3) is 0 Å². The second kappa shape index (κ2) is 4.76. The van der Waals surface area contributed by atoms with Gasteiger partial charge < -0.3 is 9.64 Å². The molecular weight excluding hydrogens is 237 g/mol. The van der Waals surface area contributed by atoms with E-state index in [9.17, 15) is 14.0 Å². The zero-order valence-corrected chi connectivity index (χ0v) is 10.1. The van der Waals surface area contributed by atoms with Gasteiger partial charge in [-0.1, -0.05) is 18.2 Å². The number of ether oxygens (including phenoxy) is 1. The van der Waals surface area contributed by atoms with Gasteiger partial charge in [0.05, 0.1) is 6.61 Å². The number of hydrogen-bond donors (Lipinski definition) is 0. The Bertz CT molecular complexity index is 463. The summed E-state index contributed by atoms with van der Waals surface area (Å²) in [5, 5.41) is 0. The van der Waals surface area contributed by atoms with Gasteiger partial charge in [0.15, 0.2) is 0 Å². The molecule has 1 saturated heterocycles. The smallest absolute Gasteiger partial charge is 0.353 e. The third kappa shape index (κ3) is 1.96. The van der Waals surface area contributed by atoms with Crippen molar-refractivity contribution >= 4 is 17.6 Å². The minimum Gasteiger partial charge on any atom is -0.463 e. The Morgan fingerprint density at radius 1 is 1.44 bits per heavy atom. The molecule has 0 N–H and O–H groups in total. The third-order valence-corrected chi connectivity index (χ3v) is 2.93. The number of halogens is 1. The van der Waals surface area contributed by atoms with Crippen LogP contribution in [0.5, 0.6) is 0 Å². The number of carbonyl (C=O) groups excluding carboxylic acids is 2. The molecule has 0 spiro atoms. The van der Waals surface area contributed by atoms with Crippen LogP contribution < -0.4 is 4.90 Å². The topological polar surface area (TPSA) is 46.6 Å². The lowest BCUT2D eigenvalue weighted by Crippen LogP contribution is -2.44. The number of nitrogens with zero attached hydrogens (tertiary/aromatic N) is 1. The summed E-state index contributed by atoms with van der Waals surface area (Å²) in [5.41, 5.74) is -1.95. The van der Waals surface area contributed by atoms with Crippen LogP contribution in [0.15, 0.2) is 30.3 Å². The van der Waals surface area contributed by atoms with Gasteiger partial charge in [-0.2, -0.15) is 0 Å². The molecule has 0 saturated carbocycles. The quantitative estimate of drug-likeness (QED) is 0.606. The van der Waals surface area contributed by atoms with Gasteiger partial charge in [-0.05, 0) is 19.1 Å². The highest BCUT2D eigenvalue weighted by molar-refractivity contribution is 6.15. The maximum Gasteiger partial charge on any atom is 0.353 e. The molecule has 1 aliphatic rings. The standard InChI is InChI=1S/C13H14FNO3/c1-2-18-12(17)13(14)8-9-15(11(13)16)10-6-4-3-5-7-10/h3-7H,2,8-9H2,1H3. The first-order valence-electron chi connectivity index (χ1n) is 5.82. The highest BCUT2D eigenvalue weighted by Gasteiger charge is 2.55. The zero-order valence-electron chi connectivity index (χ0n) is 10.1. The van der Waals surface area contributed by atoms with E-state index >= 15 is 0 Å². The number of amides is 1. The molecule has 0 bridgehead atoms. The van der Waals surface area contributed by atoms with Gasteiger partial charge in [0.25, 0.3) is 11.6 Å². The van der Waals surface area contributed by atoms with Crippen LogP contribution in [0.2, 0.25) is 0 Å². The van der Waals surface area contributed by atoms with E-state index in [0.717, 1.165) is 0 Å². The maximum absolute atomic E-state index is 14.4. The molecule has 1 aliphatic heterocycles. The van der Waals surface area contributed by atoms with Crippen molar-refractivity contribution in [3.05, 3.63) is 30.3 Å². The van der Waals surface area contributed by atoms with Crippen molar-refractivity contribution in [3.8, 4) is 0 Å². The number of para-hydroxylation sites is 1. The van der Waals surface area contributed by atoms with E-state index in [1.807, 2.05) is 0 Å².